The van der Waals surface area contributed by atoms with Gasteiger partial charge < -0.3 is 4.74 Å². The maximum absolute atomic E-state index is 6.05. The summed E-state index contributed by atoms with van der Waals surface area (Å²) in [6, 6.07) is 14.6. The molecule has 0 amide bonds. The first-order valence-electron chi connectivity index (χ1n) is 5.83. The molecule has 0 fully saturated rings. The number of ether oxygens (including phenoxy) is 1. The van der Waals surface area contributed by atoms with Crippen LogP contribution in [0.5, 0.6) is 11.5 Å². The van der Waals surface area contributed by atoms with Crippen LogP contribution in [0.15, 0.2) is 52.3 Å². The zero-order valence-electron chi connectivity index (χ0n) is 9.94. The van der Waals surface area contributed by atoms with Crippen LogP contribution >= 0.6 is 11.8 Å². The Morgan fingerprint density at radius 1 is 0.941 bits per heavy atom. The monoisotopic (exact) mass is 242 g/mol. The number of fused-ring (bicyclic) bond motifs is 2. The molecule has 0 atom stereocenters. The number of benzene rings is 2. The first-order valence-corrected chi connectivity index (χ1v) is 6.65. The molecule has 1 aliphatic heterocycles. The SMILES string of the molecule is CC(C)c1cccc2c1Oc1ccccc1S2. The summed E-state index contributed by atoms with van der Waals surface area (Å²) in [6.45, 7) is 4.40. The van der Waals surface area contributed by atoms with Crippen molar-refractivity contribution in [1.82, 2.24) is 0 Å². The van der Waals surface area contributed by atoms with Gasteiger partial charge in [-0.05, 0) is 29.7 Å². The smallest absolute Gasteiger partial charge is 0.144 e. The standard InChI is InChI=1S/C15H14OS/c1-10(2)11-6-5-9-14-15(11)16-12-7-3-4-8-13(12)17-14/h3-10H,1-2H3. The first-order chi connectivity index (χ1) is 8.25. The lowest BCUT2D eigenvalue weighted by molar-refractivity contribution is 0.445. The molecule has 2 aromatic carbocycles. The van der Waals surface area contributed by atoms with Crippen molar-refractivity contribution in [3.8, 4) is 11.5 Å². The predicted molar refractivity (Wildman–Crippen MR) is 71.2 cm³/mol. The molecule has 0 spiro atoms. The molecular formula is C15H14OS. The molecule has 0 N–H and O–H groups in total. The quantitative estimate of drug-likeness (QED) is 0.589. The summed E-state index contributed by atoms with van der Waals surface area (Å²) in [6.07, 6.45) is 0. The molecule has 1 aliphatic rings. The first kappa shape index (κ1) is 10.7. The van der Waals surface area contributed by atoms with Crippen LogP contribution in [0, 0.1) is 0 Å². The third kappa shape index (κ3) is 1.83. The zero-order chi connectivity index (χ0) is 11.8. The lowest BCUT2D eigenvalue weighted by Crippen LogP contribution is -2.00. The summed E-state index contributed by atoms with van der Waals surface area (Å²) in [5.74, 6) is 2.49. The number of para-hydroxylation sites is 2. The van der Waals surface area contributed by atoms with Crippen LogP contribution in [0.3, 0.4) is 0 Å². The van der Waals surface area contributed by atoms with E-state index in [0.717, 1.165) is 11.5 Å². The van der Waals surface area contributed by atoms with Crippen molar-refractivity contribution >= 4 is 11.8 Å². The molecule has 0 bridgehead atoms. The number of hydrogen-bond acceptors (Lipinski definition) is 2. The molecule has 2 aromatic rings. The highest BCUT2D eigenvalue weighted by Gasteiger charge is 2.20. The van der Waals surface area contributed by atoms with Crippen LogP contribution in [-0.4, -0.2) is 0 Å². The maximum Gasteiger partial charge on any atom is 0.144 e. The van der Waals surface area contributed by atoms with Crippen LogP contribution in [0.4, 0.5) is 0 Å². The lowest BCUT2D eigenvalue weighted by atomic mass is 10.0. The van der Waals surface area contributed by atoms with E-state index < -0.39 is 0 Å². The normalized spacial score (nSPS) is 12.9. The summed E-state index contributed by atoms with van der Waals surface area (Å²) in [7, 11) is 0. The Balaban J connectivity index is 2.12. The average molecular weight is 242 g/mol. The van der Waals surface area contributed by atoms with E-state index in [1.54, 1.807) is 11.8 Å². The zero-order valence-corrected chi connectivity index (χ0v) is 10.8. The largest absolute Gasteiger partial charge is 0.455 e. The van der Waals surface area contributed by atoms with Crippen LogP contribution in [0.25, 0.3) is 0 Å². The van der Waals surface area contributed by atoms with Gasteiger partial charge in [-0.2, -0.15) is 0 Å². The molecule has 1 nitrogen and oxygen atoms in total. The molecule has 1 heterocycles. The van der Waals surface area contributed by atoms with Gasteiger partial charge in [0.1, 0.15) is 11.5 Å². The van der Waals surface area contributed by atoms with E-state index >= 15 is 0 Å². The lowest BCUT2D eigenvalue weighted by Gasteiger charge is -2.23. The van der Waals surface area contributed by atoms with E-state index in [9.17, 15) is 0 Å². The maximum atomic E-state index is 6.05. The second kappa shape index (κ2) is 4.11. The van der Waals surface area contributed by atoms with Gasteiger partial charge in [0.2, 0.25) is 0 Å². The van der Waals surface area contributed by atoms with Crippen molar-refractivity contribution in [2.75, 3.05) is 0 Å². The molecule has 0 unspecified atom stereocenters. The van der Waals surface area contributed by atoms with Gasteiger partial charge in [0, 0.05) is 0 Å². The molecule has 0 aromatic heterocycles. The number of rotatable bonds is 1. The average Bonchev–Trinajstić information content (AvgIpc) is 2.35. The molecule has 0 radical (unpaired) electrons. The van der Waals surface area contributed by atoms with Crippen molar-refractivity contribution in [3.05, 3.63) is 48.0 Å². The Morgan fingerprint density at radius 3 is 2.53 bits per heavy atom. The van der Waals surface area contributed by atoms with Crippen molar-refractivity contribution in [2.24, 2.45) is 0 Å². The van der Waals surface area contributed by atoms with E-state index in [1.165, 1.54) is 15.4 Å². The predicted octanol–water partition coefficient (Wildman–Crippen LogP) is 5.07. The van der Waals surface area contributed by atoms with Gasteiger partial charge >= 0.3 is 0 Å². The van der Waals surface area contributed by atoms with Crippen LogP contribution in [0.1, 0.15) is 25.3 Å². The highest BCUT2D eigenvalue weighted by molar-refractivity contribution is 7.99. The van der Waals surface area contributed by atoms with Crippen molar-refractivity contribution < 1.29 is 4.74 Å². The second-order valence-corrected chi connectivity index (χ2v) is 5.56. The molecule has 0 saturated carbocycles. The highest BCUT2D eigenvalue weighted by atomic mass is 32.2. The van der Waals surface area contributed by atoms with Gasteiger partial charge in [0.05, 0.1) is 9.79 Å². The minimum absolute atomic E-state index is 0.482. The minimum Gasteiger partial charge on any atom is -0.455 e. The molecule has 0 aliphatic carbocycles. The Hall–Kier alpha value is -1.41. The fourth-order valence-electron chi connectivity index (χ4n) is 2.02. The highest BCUT2D eigenvalue weighted by Crippen LogP contribution is 2.49. The summed E-state index contributed by atoms with van der Waals surface area (Å²) >= 11 is 1.79. The van der Waals surface area contributed by atoms with E-state index in [4.69, 9.17) is 4.74 Å². The Kier molecular flexibility index (Phi) is 2.60. The van der Waals surface area contributed by atoms with Crippen molar-refractivity contribution in [1.29, 1.82) is 0 Å². The van der Waals surface area contributed by atoms with Crippen LogP contribution in [-0.2, 0) is 0 Å². The molecule has 17 heavy (non-hydrogen) atoms. The molecule has 86 valence electrons. The van der Waals surface area contributed by atoms with E-state index in [0.29, 0.717) is 5.92 Å². The molecule has 2 heteroatoms. The summed E-state index contributed by atoms with van der Waals surface area (Å²) < 4.78 is 6.05. The van der Waals surface area contributed by atoms with E-state index in [2.05, 4.69) is 38.1 Å². The van der Waals surface area contributed by atoms with Crippen molar-refractivity contribution in [3.63, 3.8) is 0 Å². The van der Waals surface area contributed by atoms with Gasteiger partial charge in [0.15, 0.2) is 0 Å². The van der Waals surface area contributed by atoms with Crippen LogP contribution < -0.4 is 4.74 Å². The summed E-state index contributed by atoms with van der Waals surface area (Å²) in [5.41, 5.74) is 1.28. The Labute approximate surface area is 106 Å². The van der Waals surface area contributed by atoms with Gasteiger partial charge in [-0.15, -0.1) is 0 Å². The van der Waals surface area contributed by atoms with Crippen molar-refractivity contribution in [2.45, 2.75) is 29.6 Å². The van der Waals surface area contributed by atoms with Gasteiger partial charge in [-0.25, -0.2) is 0 Å². The fourth-order valence-corrected chi connectivity index (χ4v) is 3.02. The summed E-state index contributed by atoms with van der Waals surface area (Å²) in [5, 5.41) is 0. The van der Waals surface area contributed by atoms with Gasteiger partial charge in [0.25, 0.3) is 0 Å². The second-order valence-electron chi connectivity index (χ2n) is 4.48. The minimum atomic E-state index is 0.482. The fraction of sp³-hybridized carbons (Fsp3) is 0.200. The van der Waals surface area contributed by atoms with E-state index in [1.807, 2.05) is 18.2 Å². The van der Waals surface area contributed by atoms with Gasteiger partial charge in [-0.3, -0.25) is 0 Å². The van der Waals surface area contributed by atoms with E-state index in [-0.39, 0.29) is 0 Å². The molecular weight excluding hydrogens is 228 g/mol. The Morgan fingerprint density at radius 2 is 1.71 bits per heavy atom. The topological polar surface area (TPSA) is 9.23 Å². The van der Waals surface area contributed by atoms with Gasteiger partial charge in [-0.1, -0.05) is 49.9 Å². The number of hydrogen-bond donors (Lipinski definition) is 0. The molecule has 0 saturated heterocycles. The third-order valence-electron chi connectivity index (χ3n) is 2.91. The Bertz CT molecular complexity index is 561. The third-order valence-corrected chi connectivity index (χ3v) is 4.01. The summed E-state index contributed by atoms with van der Waals surface area (Å²) in [4.78, 5) is 2.41. The van der Waals surface area contributed by atoms with Crippen LogP contribution in [0.2, 0.25) is 0 Å². The molecule has 3 rings (SSSR count).